The summed E-state index contributed by atoms with van der Waals surface area (Å²) in [5.41, 5.74) is 4.19. The van der Waals surface area contributed by atoms with Gasteiger partial charge in [-0.2, -0.15) is 0 Å². The zero-order valence-electron chi connectivity index (χ0n) is 12.9. The predicted octanol–water partition coefficient (Wildman–Crippen LogP) is 4.70. The van der Waals surface area contributed by atoms with E-state index in [2.05, 4.69) is 11.5 Å². The van der Waals surface area contributed by atoms with E-state index in [0.29, 0.717) is 11.8 Å². The van der Waals surface area contributed by atoms with Crippen LogP contribution >= 0.6 is 11.8 Å². The van der Waals surface area contributed by atoms with Crippen molar-refractivity contribution in [1.29, 1.82) is 0 Å². The Hall–Kier alpha value is -1.55. The number of aromatic nitrogens is 1. The highest BCUT2D eigenvalue weighted by Gasteiger charge is 2.28. The van der Waals surface area contributed by atoms with E-state index in [0.717, 1.165) is 22.6 Å². The third kappa shape index (κ3) is 3.27. The molecule has 0 spiro atoms. The minimum absolute atomic E-state index is 0.187. The highest BCUT2D eigenvalue weighted by atomic mass is 32.2. The number of ketones is 1. The van der Waals surface area contributed by atoms with Crippen molar-refractivity contribution in [1.82, 2.24) is 4.57 Å². The van der Waals surface area contributed by atoms with Crippen molar-refractivity contribution in [2.24, 2.45) is 0 Å². The smallest absolute Gasteiger partial charge is 0.174 e. The molecule has 116 valence electrons. The summed E-state index contributed by atoms with van der Waals surface area (Å²) in [5.74, 6) is 1.16. The van der Waals surface area contributed by atoms with Gasteiger partial charge < -0.3 is 4.57 Å². The van der Waals surface area contributed by atoms with Gasteiger partial charge >= 0.3 is 0 Å². The molecule has 0 saturated heterocycles. The summed E-state index contributed by atoms with van der Waals surface area (Å²) in [5, 5.41) is 0. The minimum atomic E-state index is -0.225. The standard InChI is InChI=1S/C18H20FNOS/c1-12-9-17(13(2)20(12)16-7-8-16)18(21)11-22-10-14-3-5-15(19)6-4-14/h3-6,9,16H,7-8,10-11H2,1-2H3. The molecule has 0 amide bonds. The number of hydrogen-bond donors (Lipinski definition) is 0. The highest BCUT2D eigenvalue weighted by molar-refractivity contribution is 7.99. The summed E-state index contributed by atoms with van der Waals surface area (Å²) in [6.07, 6.45) is 2.45. The molecule has 1 heterocycles. The number of hydrogen-bond acceptors (Lipinski definition) is 2. The summed E-state index contributed by atoms with van der Waals surface area (Å²) in [6, 6.07) is 9.09. The molecule has 1 aromatic heterocycles. The molecule has 22 heavy (non-hydrogen) atoms. The van der Waals surface area contributed by atoms with Crippen LogP contribution in [-0.2, 0) is 5.75 Å². The molecule has 1 fully saturated rings. The van der Waals surface area contributed by atoms with Gasteiger partial charge in [0.15, 0.2) is 5.78 Å². The van der Waals surface area contributed by atoms with Crippen LogP contribution in [0.2, 0.25) is 0 Å². The molecular weight excluding hydrogens is 297 g/mol. The summed E-state index contributed by atoms with van der Waals surface area (Å²) >= 11 is 1.58. The molecular formula is C18H20FNOS. The van der Waals surface area contributed by atoms with E-state index in [9.17, 15) is 9.18 Å². The lowest BCUT2D eigenvalue weighted by Crippen LogP contribution is -2.06. The van der Waals surface area contributed by atoms with Crippen molar-refractivity contribution < 1.29 is 9.18 Å². The first-order valence-electron chi connectivity index (χ1n) is 7.60. The Labute approximate surface area is 134 Å². The Morgan fingerprint density at radius 1 is 1.27 bits per heavy atom. The van der Waals surface area contributed by atoms with Gasteiger partial charge in [-0.3, -0.25) is 4.79 Å². The van der Waals surface area contributed by atoms with Crippen LogP contribution in [0.1, 0.15) is 46.2 Å². The Balaban J connectivity index is 1.60. The van der Waals surface area contributed by atoms with E-state index in [1.54, 1.807) is 23.9 Å². The Kier molecular flexibility index (Phi) is 4.39. The molecule has 2 nitrogen and oxygen atoms in total. The lowest BCUT2D eigenvalue weighted by atomic mass is 10.2. The molecule has 0 aliphatic heterocycles. The zero-order chi connectivity index (χ0) is 15.7. The number of thioether (sulfide) groups is 1. The summed E-state index contributed by atoms with van der Waals surface area (Å²) in [6.45, 7) is 4.12. The van der Waals surface area contributed by atoms with Gasteiger partial charge in [-0.15, -0.1) is 11.8 Å². The summed E-state index contributed by atoms with van der Waals surface area (Å²) < 4.78 is 15.2. The van der Waals surface area contributed by atoms with Crippen molar-refractivity contribution in [2.45, 2.75) is 38.5 Å². The van der Waals surface area contributed by atoms with Crippen LogP contribution in [-0.4, -0.2) is 16.1 Å². The van der Waals surface area contributed by atoms with Crippen LogP contribution in [0.4, 0.5) is 4.39 Å². The topological polar surface area (TPSA) is 22.0 Å². The van der Waals surface area contributed by atoms with Crippen molar-refractivity contribution in [3.63, 3.8) is 0 Å². The largest absolute Gasteiger partial charge is 0.345 e. The van der Waals surface area contributed by atoms with E-state index in [1.165, 1.54) is 30.7 Å². The summed E-state index contributed by atoms with van der Waals surface area (Å²) in [7, 11) is 0. The Morgan fingerprint density at radius 2 is 1.95 bits per heavy atom. The molecule has 1 saturated carbocycles. The first-order chi connectivity index (χ1) is 10.6. The molecule has 1 aliphatic rings. The maximum atomic E-state index is 12.9. The van der Waals surface area contributed by atoms with Gasteiger partial charge in [0.2, 0.25) is 0 Å². The van der Waals surface area contributed by atoms with Gasteiger partial charge in [-0.05, 0) is 50.5 Å². The van der Waals surface area contributed by atoms with Crippen LogP contribution in [0.15, 0.2) is 30.3 Å². The second kappa shape index (κ2) is 6.29. The van der Waals surface area contributed by atoms with Crippen molar-refractivity contribution >= 4 is 17.5 Å². The van der Waals surface area contributed by atoms with Gasteiger partial charge in [-0.25, -0.2) is 4.39 Å². The third-order valence-corrected chi connectivity index (χ3v) is 5.12. The quantitative estimate of drug-likeness (QED) is 0.721. The van der Waals surface area contributed by atoms with Crippen molar-refractivity contribution in [2.75, 3.05) is 5.75 Å². The molecule has 0 bridgehead atoms. The molecule has 4 heteroatoms. The number of halogens is 1. The lowest BCUT2D eigenvalue weighted by molar-refractivity contribution is 0.102. The number of benzene rings is 1. The zero-order valence-corrected chi connectivity index (χ0v) is 13.8. The third-order valence-electron chi connectivity index (χ3n) is 4.11. The highest BCUT2D eigenvalue weighted by Crippen LogP contribution is 2.38. The number of carbonyl (C=O) groups is 1. The van der Waals surface area contributed by atoms with E-state index >= 15 is 0 Å². The van der Waals surface area contributed by atoms with Crippen LogP contribution in [0.3, 0.4) is 0 Å². The lowest BCUT2D eigenvalue weighted by Gasteiger charge is -2.07. The SMILES string of the molecule is Cc1cc(C(=O)CSCc2ccc(F)cc2)c(C)n1C1CC1. The number of nitrogens with zero attached hydrogens (tertiary/aromatic N) is 1. The minimum Gasteiger partial charge on any atom is -0.345 e. The van der Waals surface area contributed by atoms with E-state index in [4.69, 9.17) is 0 Å². The number of carbonyl (C=O) groups excluding carboxylic acids is 1. The maximum absolute atomic E-state index is 12.9. The fourth-order valence-electron chi connectivity index (χ4n) is 2.87. The number of Topliss-reactive ketones (excluding diaryl/α,β-unsaturated/α-hetero) is 1. The molecule has 0 unspecified atom stereocenters. The average Bonchev–Trinajstić information content (AvgIpc) is 3.27. The predicted molar refractivity (Wildman–Crippen MR) is 89.1 cm³/mol. The second-order valence-electron chi connectivity index (χ2n) is 5.93. The van der Waals surface area contributed by atoms with Gasteiger partial charge in [-0.1, -0.05) is 12.1 Å². The maximum Gasteiger partial charge on any atom is 0.174 e. The van der Waals surface area contributed by atoms with Crippen LogP contribution in [0.25, 0.3) is 0 Å². The number of rotatable bonds is 6. The van der Waals surface area contributed by atoms with Gasteiger partial charge in [0.25, 0.3) is 0 Å². The van der Waals surface area contributed by atoms with Gasteiger partial charge in [0.05, 0.1) is 5.75 Å². The first kappa shape index (κ1) is 15.3. The normalized spacial score (nSPS) is 14.3. The van der Waals surface area contributed by atoms with E-state index < -0.39 is 0 Å². The second-order valence-corrected chi connectivity index (χ2v) is 6.91. The van der Waals surface area contributed by atoms with E-state index in [-0.39, 0.29) is 11.6 Å². The van der Waals surface area contributed by atoms with Crippen molar-refractivity contribution in [3.05, 3.63) is 58.7 Å². The average molecular weight is 317 g/mol. The fourth-order valence-corrected chi connectivity index (χ4v) is 3.75. The molecule has 0 radical (unpaired) electrons. The molecule has 1 aliphatic carbocycles. The van der Waals surface area contributed by atoms with Crippen LogP contribution in [0, 0.1) is 19.7 Å². The molecule has 2 aromatic rings. The summed E-state index contributed by atoms with van der Waals surface area (Å²) in [4.78, 5) is 12.4. The monoisotopic (exact) mass is 317 g/mol. The van der Waals surface area contributed by atoms with Crippen molar-refractivity contribution in [3.8, 4) is 0 Å². The fraction of sp³-hybridized carbons (Fsp3) is 0.389. The van der Waals surface area contributed by atoms with Gasteiger partial charge in [0.1, 0.15) is 5.82 Å². The number of aryl methyl sites for hydroxylation is 1. The molecule has 0 N–H and O–H groups in total. The molecule has 1 aromatic carbocycles. The Bertz CT molecular complexity index is 686. The van der Waals surface area contributed by atoms with Crippen LogP contribution in [0.5, 0.6) is 0 Å². The molecule has 3 rings (SSSR count). The van der Waals surface area contributed by atoms with E-state index in [1.807, 2.05) is 13.0 Å². The Morgan fingerprint density at radius 3 is 2.59 bits per heavy atom. The molecule has 0 atom stereocenters. The van der Waals surface area contributed by atoms with Gasteiger partial charge in [0, 0.05) is 28.7 Å². The van der Waals surface area contributed by atoms with Crippen LogP contribution < -0.4 is 0 Å². The first-order valence-corrected chi connectivity index (χ1v) is 8.75.